The maximum atomic E-state index is 4.69. The summed E-state index contributed by atoms with van der Waals surface area (Å²) in [5.74, 6) is 0.678. The molecular weight excluding hydrogens is 498 g/mol. The third-order valence-electron chi connectivity index (χ3n) is 6.51. The monoisotopic (exact) mass is 539 g/mol. The Labute approximate surface area is 246 Å². The van der Waals surface area contributed by atoms with Gasteiger partial charge in [-0.15, -0.1) is 0 Å². The van der Waals surface area contributed by atoms with Gasteiger partial charge in [0.05, 0.1) is 13.1 Å². The first-order valence-corrected chi connectivity index (χ1v) is 14.3. The van der Waals surface area contributed by atoms with Crippen LogP contribution >= 0.6 is 0 Å². The van der Waals surface area contributed by atoms with E-state index in [0.29, 0.717) is 12.4 Å². The van der Waals surface area contributed by atoms with Gasteiger partial charge in [-0.2, -0.15) is 0 Å². The molecule has 1 aliphatic rings. The molecule has 1 aliphatic carbocycles. The molecule has 0 aliphatic heterocycles. The van der Waals surface area contributed by atoms with Crippen LogP contribution in [0.15, 0.2) is 136 Å². The molecule has 0 saturated heterocycles. The van der Waals surface area contributed by atoms with Crippen molar-refractivity contribution in [3.8, 4) is 11.1 Å². The van der Waals surface area contributed by atoms with Crippen LogP contribution in [0, 0.1) is 6.92 Å². The third kappa shape index (κ3) is 9.81. The Balaban J connectivity index is 0.000000324. The van der Waals surface area contributed by atoms with Gasteiger partial charge in [0, 0.05) is 5.56 Å². The molecule has 0 fully saturated rings. The van der Waals surface area contributed by atoms with Crippen LogP contribution in [-0.4, -0.2) is 19.3 Å². The van der Waals surface area contributed by atoms with E-state index in [9.17, 15) is 0 Å². The summed E-state index contributed by atoms with van der Waals surface area (Å²) in [6, 6.07) is 35.6. The van der Waals surface area contributed by atoms with Gasteiger partial charge < -0.3 is 0 Å². The van der Waals surface area contributed by atoms with E-state index in [4.69, 9.17) is 0 Å². The van der Waals surface area contributed by atoms with Crippen molar-refractivity contribution in [2.45, 2.75) is 46.7 Å². The molecule has 0 atom stereocenters. The molecular formula is C38H41N3. The second-order valence-corrected chi connectivity index (χ2v) is 9.44. The predicted molar refractivity (Wildman–Crippen MR) is 180 cm³/mol. The summed E-state index contributed by atoms with van der Waals surface area (Å²) in [6.45, 7) is 14.5. The van der Waals surface area contributed by atoms with Crippen LogP contribution in [0.2, 0.25) is 0 Å². The standard InChI is InChI=1S/C27H24N2.C9H11N.C2H6/c1-28-27(26-18-16-25(17-19-26)23-10-6-3-7-11-23)29-20-21-12-14-24(15-13-21)22-8-4-2-5-9-22;1-8-3-5-9(6-4-8)7-10-2;1-2/h2,4-6,8-19H,1,3,7,20H2;3-6H,2,7H2,1H3;1-2H3. The fraction of sp³-hybridized carbons (Fsp3) is 0.184. The van der Waals surface area contributed by atoms with E-state index in [1.165, 1.54) is 33.4 Å². The third-order valence-corrected chi connectivity index (χ3v) is 6.51. The summed E-state index contributed by atoms with van der Waals surface area (Å²) < 4.78 is 0. The predicted octanol–water partition coefficient (Wildman–Crippen LogP) is 9.96. The molecule has 4 aromatic rings. The molecule has 41 heavy (non-hydrogen) atoms. The average Bonchev–Trinajstić information content (AvgIpc) is 3.05. The van der Waals surface area contributed by atoms with Crippen molar-refractivity contribution < 1.29 is 0 Å². The lowest BCUT2D eigenvalue weighted by atomic mass is 9.98. The Kier molecular flexibility index (Phi) is 12.9. The molecule has 0 unspecified atom stereocenters. The van der Waals surface area contributed by atoms with E-state index < -0.39 is 0 Å². The number of aliphatic imine (C=N–C) groups is 3. The fourth-order valence-corrected chi connectivity index (χ4v) is 4.29. The summed E-state index contributed by atoms with van der Waals surface area (Å²) >= 11 is 0. The summed E-state index contributed by atoms with van der Waals surface area (Å²) in [4.78, 5) is 12.6. The largest absolute Gasteiger partial charge is 0.296 e. The second kappa shape index (κ2) is 17.1. The van der Waals surface area contributed by atoms with Gasteiger partial charge in [0.1, 0.15) is 0 Å². The maximum absolute atomic E-state index is 4.69. The van der Waals surface area contributed by atoms with Crippen LogP contribution in [-0.2, 0) is 13.1 Å². The molecule has 3 nitrogen and oxygen atoms in total. The molecule has 0 bridgehead atoms. The molecule has 3 heteroatoms. The van der Waals surface area contributed by atoms with E-state index in [2.05, 4.69) is 151 Å². The minimum atomic E-state index is 0.582. The minimum absolute atomic E-state index is 0.582. The fourth-order valence-electron chi connectivity index (χ4n) is 4.29. The Morgan fingerprint density at radius 3 is 1.83 bits per heavy atom. The number of hydrogen-bond donors (Lipinski definition) is 0. The lowest BCUT2D eigenvalue weighted by Gasteiger charge is -2.08. The Morgan fingerprint density at radius 1 is 0.659 bits per heavy atom. The average molecular weight is 540 g/mol. The van der Waals surface area contributed by atoms with Crippen molar-refractivity contribution in [1.82, 2.24) is 0 Å². The van der Waals surface area contributed by atoms with Crippen molar-refractivity contribution in [3.05, 3.63) is 149 Å². The van der Waals surface area contributed by atoms with Gasteiger partial charge in [0.15, 0.2) is 5.84 Å². The molecule has 0 amide bonds. The van der Waals surface area contributed by atoms with Gasteiger partial charge in [-0.05, 0) is 66.6 Å². The normalized spacial score (nSPS) is 12.2. The highest BCUT2D eigenvalue weighted by Gasteiger charge is 2.05. The van der Waals surface area contributed by atoms with Gasteiger partial charge >= 0.3 is 0 Å². The topological polar surface area (TPSA) is 37.1 Å². The highest BCUT2D eigenvalue weighted by atomic mass is 14.9. The Bertz CT molecular complexity index is 1440. The Morgan fingerprint density at radius 2 is 1.24 bits per heavy atom. The number of nitrogens with zero attached hydrogens (tertiary/aromatic N) is 3. The molecule has 0 spiro atoms. The van der Waals surface area contributed by atoms with Gasteiger partial charge in [-0.1, -0.05) is 141 Å². The van der Waals surface area contributed by atoms with Crippen molar-refractivity contribution in [3.63, 3.8) is 0 Å². The van der Waals surface area contributed by atoms with Gasteiger partial charge in [-0.25, -0.2) is 4.99 Å². The SMILES string of the molecule is C=NC(=NCc1ccc(-c2ccccc2)cc1)c1ccc(C2=CCCC=C2)cc1.C=NCc1ccc(C)cc1.CC. The van der Waals surface area contributed by atoms with Gasteiger partial charge in [-0.3, -0.25) is 9.98 Å². The van der Waals surface area contributed by atoms with E-state index in [1.54, 1.807) is 0 Å². The number of hydrogen-bond acceptors (Lipinski definition) is 2. The summed E-state index contributed by atoms with van der Waals surface area (Å²) in [5, 5.41) is 0. The van der Waals surface area contributed by atoms with Crippen molar-refractivity contribution in [2.24, 2.45) is 15.0 Å². The lowest BCUT2D eigenvalue weighted by molar-refractivity contribution is 1.04. The zero-order valence-electron chi connectivity index (χ0n) is 24.6. The number of allylic oxidation sites excluding steroid dienone is 4. The minimum Gasteiger partial charge on any atom is -0.296 e. The molecule has 0 heterocycles. The second-order valence-electron chi connectivity index (χ2n) is 9.44. The molecule has 4 aromatic carbocycles. The van der Waals surface area contributed by atoms with Crippen LogP contribution < -0.4 is 0 Å². The molecule has 0 N–H and O–H groups in total. The van der Waals surface area contributed by atoms with Crippen molar-refractivity contribution >= 4 is 24.8 Å². The number of amidine groups is 1. The van der Waals surface area contributed by atoms with Crippen LogP contribution in [0.4, 0.5) is 0 Å². The molecule has 0 saturated carbocycles. The molecule has 0 radical (unpaired) electrons. The smallest absolute Gasteiger partial charge is 0.154 e. The van der Waals surface area contributed by atoms with Crippen LogP contribution in [0.5, 0.6) is 0 Å². The van der Waals surface area contributed by atoms with E-state index in [-0.39, 0.29) is 0 Å². The van der Waals surface area contributed by atoms with Crippen LogP contribution in [0.25, 0.3) is 16.7 Å². The summed E-state index contributed by atoms with van der Waals surface area (Å²) in [7, 11) is 0. The van der Waals surface area contributed by atoms with E-state index in [1.807, 2.05) is 19.9 Å². The zero-order chi connectivity index (χ0) is 29.3. The lowest BCUT2D eigenvalue weighted by Crippen LogP contribution is -1.98. The highest BCUT2D eigenvalue weighted by Crippen LogP contribution is 2.22. The van der Waals surface area contributed by atoms with Crippen molar-refractivity contribution in [2.75, 3.05) is 0 Å². The molecule has 208 valence electrons. The number of aryl methyl sites for hydroxylation is 1. The van der Waals surface area contributed by atoms with E-state index in [0.717, 1.165) is 30.5 Å². The van der Waals surface area contributed by atoms with Gasteiger partial charge in [0.2, 0.25) is 0 Å². The Hall–Kier alpha value is -4.63. The number of rotatable bonds is 7. The zero-order valence-corrected chi connectivity index (χ0v) is 24.6. The first-order chi connectivity index (χ1) is 20.2. The van der Waals surface area contributed by atoms with Crippen LogP contribution in [0.3, 0.4) is 0 Å². The first kappa shape index (κ1) is 30.9. The highest BCUT2D eigenvalue weighted by molar-refractivity contribution is 6.01. The first-order valence-electron chi connectivity index (χ1n) is 14.3. The number of benzene rings is 4. The quantitative estimate of drug-likeness (QED) is 0.166. The van der Waals surface area contributed by atoms with Crippen molar-refractivity contribution in [1.29, 1.82) is 0 Å². The molecule has 0 aromatic heterocycles. The molecule has 5 rings (SSSR count). The summed E-state index contributed by atoms with van der Waals surface area (Å²) in [6.07, 6.45) is 8.94. The van der Waals surface area contributed by atoms with Gasteiger partial charge in [0.25, 0.3) is 0 Å². The van der Waals surface area contributed by atoms with E-state index >= 15 is 0 Å². The summed E-state index contributed by atoms with van der Waals surface area (Å²) in [5.41, 5.74) is 9.59. The maximum Gasteiger partial charge on any atom is 0.154 e. The van der Waals surface area contributed by atoms with Crippen LogP contribution in [0.1, 0.15) is 54.5 Å².